The van der Waals surface area contributed by atoms with Gasteiger partial charge in [0.1, 0.15) is 6.54 Å². The molecule has 2 rings (SSSR count). The molecule has 0 unspecified atom stereocenters. The molecule has 0 spiro atoms. The molecule has 10 nitrogen and oxygen atoms in total. The van der Waals surface area contributed by atoms with E-state index in [2.05, 4.69) is 25.9 Å². The number of aromatic nitrogens is 4. The van der Waals surface area contributed by atoms with Gasteiger partial charge < -0.3 is 15.6 Å². The zero-order valence-corrected chi connectivity index (χ0v) is 11.1. The highest BCUT2D eigenvalue weighted by Crippen LogP contribution is 2.27. The Labute approximate surface area is 119 Å². The molecule has 0 aliphatic heterocycles. The van der Waals surface area contributed by atoms with E-state index in [1.807, 2.05) is 0 Å². The van der Waals surface area contributed by atoms with E-state index in [0.29, 0.717) is 11.3 Å². The smallest absolute Gasteiger partial charge is 0.263 e. The number of carbonyl (C=O) groups excluding carboxylic acids is 1. The molecule has 1 aromatic carbocycles. The summed E-state index contributed by atoms with van der Waals surface area (Å²) in [6.45, 7) is -0.175. The monoisotopic (exact) mass is 291 g/mol. The first kappa shape index (κ1) is 14.2. The molecular weight excluding hydrogens is 278 g/mol. The van der Waals surface area contributed by atoms with Crippen LogP contribution in [0.3, 0.4) is 0 Å². The second kappa shape index (κ2) is 6.32. The van der Waals surface area contributed by atoms with E-state index in [4.69, 9.17) is 10.5 Å². The summed E-state index contributed by atoms with van der Waals surface area (Å²) in [5.41, 5.74) is 7.93. The summed E-state index contributed by atoms with van der Waals surface area (Å²) in [5, 5.41) is 24.2. The summed E-state index contributed by atoms with van der Waals surface area (Å²) in [6.07, 6.45) is 1.29. The summed E-state index contributed by atoms with van der Waals surface area (Å²) in [6, 6.07) is 4.91. The summed E-state index contributed by atoms with van der Waals surface area (Å²) in [7, 11) is 1.44. The molecule has 1 amide bonds. The Morgan fingerprint density at radius 1 is 1.62 bits per heavy atom. The maximum Gasteiger partial charge on any atom is 0.263 e. The lowest BCUT2D eigenvalue weighted by molar-refractivity contribution is -0.122. The Morgan fingerprint density at radius 2 is 2.43 bits per heavy atom. The maximum absolute atomic E-state index is 11.5. The maximum atomic E-state index is 11.5. The third-order valence-corrected chi connectivity index (χ3v) is 2.40. The SMILES string of the molecule is COc1cccc(/C=N/NC(=O)Cn2nnc(N)n2)c1O. The number of ether oxygens (including phenoxy) is 1. The molecule has 0 aliphatic carbocycles. The van der Waals surface area contributed by atoms with Gasteiger partial charge in [0.25, 0.3) is 11.9 Å². The van der Waals surface area contributed by atoms with Gasteiger partial charge in [-0.05, 0) is 17.3 Å². The summed E-state index contributed by atoms with van der Waals surface area (Å²) >= 11 is 0. The number of nitrogens with one attached hydrogen (secondary N) is 1. The number of nitrogens with two attached hydrogens (primary N) is 1. The van der Waals surface area contributed by atoms with Gasteiger partial charge in [0, 0.05) is 5.56 Å². The molecule has 0 fully saturated rings. The summed E-state index contributed by atoms with van der Waals surface area (Å²) in [5.74, 6) is -0.241. The van der Waals surface area contributed by atoms with E-state index >= 15 is 0 Å². The van der Waals surface area contributed by atoms with Crippen LogP contribution in [0.4, 0.5) is 5.95 Å². The first-order chi connectivity index (χ1) is 10.1. The standard InChI is InChI=1S/C11H13N7O3/c1-21-8-4-2-3-7(10(8)20)5-13-14-9(19)6-18-16-11(12)15-17-18/h2-5,20H,6H2,1H3,(H2,12,16)(H,14,19)/b13-5+. The van der Waals surface area contributed by atoms with E-state index in [-0.39, 0.29) is 18.2 Å². The molecule has 1 heterocycles. The first-order valence-corrected chi connectivity index (χ1v) is 5.81. The number of benzene rings is 1. The number of amides is 1. The number of tetrazole rings is 1. The van der Waals surface area contributed by atoms with E-state index in [0.717, 1.165) is 4.80 Å². The molecule has 0 saturated carbocycles. The zero-order chi connectivity index (χ0) is 15.2. The highest BCUT2D eigenvalue weighted by atomic mass is 16.5. The third-order valence-electron chi connectivity index (χ3n) is 2.40. The lowest BCUT2D eigenvalue weighted by Crippen LogP contribution is -2.24. The fourth-order valence-corrected chi connectivity index (χ4v) is 1.47. The molecule has 2 aromatic rings. The number of phenols is 1. The normalized spacial score (nSPS) is 10.7. The van der Waals surface area contributed by atoms with Crippen LogP contribution in [0, 0.1) is 0 Å². The van der Waals surface area contributed by atoms with Gasteiger partial charge in [-0.25, -0.2) is 5.43 Å². The van der Waals surface area contributed by atoms with Crippen molar-refractivity contribution in [2.24, 2.45) is 5.10 Å². The molecule has 0 aliphatic rings. The average Bonchev–Trinajstić information content (AvgIpc) is 2.86. The van der Waals surface area contributed by atoms with Crippen LogP contribution in [0.25, 0.3) is 0 Å². The molecular formula is C11H13N7O3. The highest BCUT2D eigenvalue weighted by molar-refractivity contribution is 5.86. The summed E-state index contributed by atoms with van der Waals surface area (Å²) in [4.78, 5) is 12.6. The van der Waals surface area contributed by atoms with Crippen molar-refractivity contribution in [1.82, 2.24) is 25.6 Å². The molecule has 0 bridgehead atoms. The van der Waals surface area contributed by atoms with Crippen molar-refractivity contribution in [3.05, 3.63) is 23.8 Å². The van der Waals surface area contributed by atoms with Gasteiger partial charge >= 0.3 is 0 Å². The minimum absolute atomic E-state index is 0.0207. The Bertz CT molecular complexity index is 668. The number of hydrogen-bond acceptors (Lipinski definition) is 8. The van der Waals surface area contributed by atoms with E-state index in [9.17, 15) is 9.90 Å². The second-order valence-electron chi connectivity index (χ2n) is 3.87. The lowest BCUT2D eigenvalue weighted by Gasteiger charge is -2.04. The number of para-hydroxylation sites is 1. The van der Waals surface area contributed by atoms with Gasteiger partial charge in [0.2, 0.25) is 0 Å². The molecule has 0 saturated heterocycles. The van der Waals surface area contributed by atoms with Crippen molar-refractivity contribution >= 4 is 18.1 Å². The molecule has 110 valence electrons. The Morgan fingerprint density at radius 3 is 3.10 bits per heavy atom. The summed E-state index contributed by atoms with van der Waals surface area (Å²) < 4.78 is 4.96. The van der Waals surface area contributed by atoms with E-state index in [1.165, 1.54) is 13.3 Å². The number of aromatic hydroxyl groups is 1. The molecule has 0 atom stereocenters. The predicted octanol–water partition coefficient (Wildman–Crippen LogP) is -0.880. The Balaban J connectivity index is 1.94. The van der Waals surface area contributed by atoms with Gasteiger partial charge in [-0.15, -0.1) is 5.10 Å². The largest absolute Gasteiger partial charge is 0.504 e. The first-order valence-electron chi connectivity index (χ1n) is 5.81. The van der Waals surface area contributed by atoms with Crippen LogP contribution < -0.4 is 15.9 Å². The van der Waals surface area contributed by atoms with Crippen LogP contribution in [-0.2, 0) is 11.3 Å². The molecule has 1 aromatic heterocycles. The van der Waals surface area contributed by atoms with Gasteiger partial charge in [-0.3, -0.25) is 4.79 Å². The van der Waals surface area contributed by atoms with Crippen LogP contribution >= 0.6 is 0 Å². The molecule has 21 heavy (non-hydrogen) atoms. The fraction of sp³-hybridized carbons (Fsp3) is 0.182. The number of rotatable bonds is 5. The van der Waals surface area contributed by atoms with Crippen molar-refractivity contribution < 1.29 is 14.6 Å². The van der Waals surface area contributed by atoms with Gasteiger partial charge in [-0.1, -0.05) is 11.2 Å². The van der Waals surface area contributed by atoms with Crippen LogP contribution in [0.5, 0.6) is 11.5 Å². The fourth-order valence-electron chi connectivity index (χ4n) is 1.47. The van der Waals surface area contributed by atoms with Gasteiger partial charge in [0.15, 0.2) is 11.5 Å². The third kappa shape index (κ3) is 3.65. The van der Waals surface area contributed by atoms with Crippen molar-refractivity contribution in [1.29, 1.82) is 0 Å². The van der Waals surface area contributed by atoms with Crippen LogP contribution in [0.2, 0.25) is 0 Å². The zero-order valence-electron chi connectivity index (χ0n) is 11.1. The highest BCUT2D eigenvalue weighted by Gasteiger charge is 2.06. The second-order valence-corrected chi connectivity index (χ2v) is 3.87. The minimum Gasteiger partial charge on any atom is -0.504 e. The number of nitrogen functional groups attached to an aromatic ring is 1. The number of nitrogens with zero attached hydrogens (tertiary/aromatic N) is 5. The van der Waals surface area contributed by atoms with Crippen LogP contribution in [0.1, 0.15) is 5.56 Å². The number of carbonyl (C=O) groups is 1. The number of phenolic OH excluding ortho intramolecular Hbond substituents is 1. The average molecular weight is 291 g/mol. The van der Waals surface area contributed by atoms with Crippen molar-refractivity contribution in [3.63, 3.8) is 0 Å². The quantitative estimate of drug-likeness (QED) is 0.480. The van der Waals surface area contributed by atoms with Gasteiger partial charge in [-0.2, -0.15) is 9.90 Å². The Hall–Kier alpha value is -3.17. The predicted molar refractivity (Wildman–Crippen MR) is 72.6 cm³/mol. The Kier molecular flexibility index (Phi) is 4.29. The van der Waals surface area contributed by atoms with Crippen molar-refractivity contribution in [2.75, 3.05) is 12.8 Å². The molecule has 4 N–H and O–H groups in total. The van der Waals surface area contributed by atoms with Crippen LogP contribution in [0.15, 0.2) is 23.3 Å². The van der Waals surface area contributed by atoms with E-state index < -0.39 is 5.91 Å². The van der Waals surface area contributed by atoms with Gasteiger partial charge in [0.05, 0.1) is 13.3 Å². The van der Waals surface area contributed by atoms with Crippen molar-refractivity contribution in [3.8, 4) is 11.5 Å². The van der Waals surface area contributed by atoms with E-state index in [1.54, 1.807) is 18.2 Å². The van der Waals surface area contributed by atoms with Crippen LogP contribution in [-0.4, -0.2) is 44.5 Å². The topological polar surface area (TPSA) is 141 Å². The minimum atomic E-state index is -0.467. The lowest BCUT2D eigenvalue weighted by atomic mass is 10.2. The number of hydrogen-bond donors (Lipinski definition) is 3. The number of methoxy groups -OCH3 is 1. The number of anilines is 1. The number of hydrazone groups is 1. The van der Waals surface area contributed by atoms with Crippen molar-refractivity contribution in [2.45, 2.75) is 6.54 Å². The molecule has 10 heteroatoms. The molecule has 0 radical (unpaired) electrons.